The molecular weight excluding hydrogens is 655 g/mol. The highest BCUT2D eigenvalue weighted by atomic mass is 35.5. The molecule has 0 radical (unpaired) electrons. The number of H-pyrrole nitrogens is 2. The van der Waals surface area contributed by atoms with Gasteiger partial charge >= 0.3 is 12.1 Å². The van der Waals surface area contributed by atoms with Gasteiger partial charge in [-0.25, -0.2) is 4.79 Å². The Morgan fingerprint density at radius 1 is 1.10 bits per heavy atom. The van der Waals surface area contributed by atoms with Gasteiger partial charge in [0.1, 0.15) is 28.6 Å². The summed E-state index contributed by atoms with van der Waals surface area (Å²) in [5, 5.41) is 25.0. The molecule has 1 aliphatic rings. The summed E-state index contributed by atoms with van der Waals surface area (Å²) in [7, 11) is 1.53. The van der Waals surface area contributed by atoms with Gasteiger partial charge in [-0.1, -0.05) is 12.1 Å². The molecule has 6 aromatic rings. The zero-order valence-corrected chi connectivity index (χ0v) is 25.5. The number of pyridine rings is 1. The molecule has 0 aliphatic carbocycles. The number of nitrogens with one attached hydrogen (secondary N) is 3. The van der Waals surface area contributed by atoms with Crippen LogP contribution in [0.5, 0.6) is 11.5 Å². The molecule has 0 saturated heterocycles. The van der Waals surface area contributed by atoms with E-state index in [1.165, 1.54) is 12.0 Å². The quantitative estimate of drug-likeness (QED) is 0.120. The number of rotatable bonds is 6. The van der Waals surface area contributed by atoms with Crippen LogP contribution in [0, 0.1) is 0 Å². The lowest BCUT2D eigenvalue weighted by Crippen LogP contribution is -2.30. The van der Waals surface area contributed by atoms with Crippen LogP contribution >= 0.6 is 11.6 Å². The Labute approximate surface area is 272 Å². The van der Waals surface area contributed by atoms with Crippen molar-refractivity contribution in [3.05, 3.63) is 89.0 Å². The second-order valence-electron chi connectivity index (χ2n) is 11.2. The highest BCUT2D eigenvalue weighted by Gasteiger charge is 2.43. The number of carbonyl (C=O) groups excluding carboxylic acids is 2. The number of ether oxygens (including phenoxy) is 1. The fraction of sp³-hybridized carbons (Fsp3) is 0.152. The molecule has 7 rings (SSSR count). The molecule has 0 bridgehead atoms. The second-order valence-corrected chi connectivity index (χ2v) is 11.5. The third-order valence-electron chi connectivity index (χ3n) is 8.39. The number of anilines is 2. The van der Waals surface area contributed by atoms with Crippen molar-refractivity contribution < 1.29 is 42.5 Å². The standard InChI is InChI=1S/C33H23ClF3N5O6/c1-48-24-4-2-3-14-12-38-20(9-18(14)24)30(44)39-17-5-6-19-15(7-17)8-21(40-19)31(45)42-13-16(11-34)25-22(42)10-23(43)28-26(25)27(32(46)47)29(41-28)33(35,36)37/h2-10,12,16,40-41,43H,11,13H2,1H3,(H,39,44)(H,46,47)/t16-/m1/s1. The van der Waals surface area contributed by atoms with Crippen molar-refractivity contribution in [2.24, 2.45) is 0 Å². The Morgan fingerprint density at radius 3 is 2.60 bits per heavy atom. The Hall–Kier alpha value is -5.76. The molecule has 0 unspecified atom stereocenters. The SMILES string of the molecule is COc1cccc2cnc(C(=O)Nc3ccc4[nH]c(C(=O)N5C[C@@H](CCl)c6c5cc(O)c5[nH]c(C(F)(F)F)c(C(=O)O)c65)cc4c3)cc12. The number of aromatic nitrogens is 3. The van der Waals surface area contributed by atoms with Crippen molar-refractivity contribution in [3.8, 4) is 11.5 Å². The molecule has 11 nitrogen and oxygen atoms in total. The maximum atomic E-state index is 13.9. The number of methoxy groups -OCH3 is 1. The van der Waals surface area contributed by atoms with Crippen LogP contribution in [0.1, 0.15) is 48.5 Å². The fourth-order valence-electron chi connectivity index (χ4n) is 6.27. The number of carboxylic acid groups (broad SMARTS) is 1. The molecule has 244 valence electrons. The molecule has 48 heavy (non-hydrogen) atoms. The minimum absolute atomic E-state index is 0.0389. The predicted octanol–water partition coefficient (Wildman–Crippen LogP) is 6.86. The first-order chi connectivity index (χ1) is 22.9. The van der Waals surface area contributed by atoms with Crippen LogP contribution in [0.2, 0.25) is 0 Å². The Bertz CT molecular complexity index is 2330. The van der Waals surface area contributed by atoms with Crippen molar-refractivity contribution in [1.29, 1.82) is 0 Å². The molecule has 0 spiro atoms. The average Bonchev–Trinajstić information content (AvgIpc) is 3.77. The number of fused-ring (bicyclic) bond motifs is 5. The van der Waals surface area contributed by atoms with Crippen molar-refractivity contribution >= 4 is 73.3 Å². The molecule has 1 atom stereocenters. The summed E-state index contributed by atoms with van der Waals surface area (Å²) >= 11 is 6.20. The number of hydrogen-bond donors (Lipinski definition) is 5. The van der Waals surface area contributed by atoms with E-state index in [1.54, 1.807) is 42.6 Å². The van der Waals surface area contributed by atoms with E-state index >= 15 is 0 Å². The van der Waals surface area contributed by atoms with Gasteiger partial charge in [0.2, 0.25) is 0 Å². The molecule has 5 N–H and O–H groups in total. The number of phenols is 1. The number of halogens is 4. The first-order valence-corrected chi connectivity index (χ1v) is 14.9. The monoisotopic (exact) mass is 677 g/mol. The number of carboxylic acids is 1. The van der Waals surface area contributed by atoms with E-state index in [2.05, 4.69) is 15.3 Å². The highest BCUT2D eigenvalue weighted by molar-refractivity contribution is 6.20. The Morgan fingerprint density at radius 2 is 1.90 bits per heavy atom. The van der Waals surface area contributed by atoms with Crippen molar-refractivity contribution in [3.63, 3.8) is 0 Å². The molecule has 3 aromatic heterocycles. The minimum Gasteiger partial charge on any atom is -0.506 e. The predicted molar refractivity (Wildman–Crippen MR) is 172 cm³/mol. The van der Waals surface area contributed by atoms with Crippen LogP contribution in [0.25, 0.3) is 32.6 Å². The summed E-state index contributed by atoms with van der Waals surface area (Å²) in [5.41, 5.74) is -1.64. The highest BCUT2D eigenvalue weighted by Crippen LogP contribution is 2.49. The van der Waals surface area contributed by atoms with Gasteiger partial charge in [-0.3, -0.25) is 14.6 Å². The lowest BCUT2D eigenvalue weighted by atomic mass is 9.95. The first-order valence-electron chi connectivity index (χ1n) is 14.4. The van der Waals surface area contributed by atoms with E-state index in [0.717, 1.165) is 16.8 Å². The van der Waals surface area contributed by atoms with E-state index in [-0.39, 0.29) is 40.4 Å². The maximum absolute atomic E-state index is 13.9. The lowest BCUT2D eigenvalue weighted by molar-refractivity contribution is -0.141. The Kier molecular flexibility index (Phi) is 7.20. The van der Waals surface area contributed by atoms with Crippen LogP contribution in [-0.2, 0) is 6.18 Å². The number of carbonyl (C=O) groups is 3. The molecule has 1 aliphatic heterocycles. The number of aromatic hydroxyl groups is 1. The average molecular weight is 678 g/mol. The second kappa shape index (κ2) is 11.2. The zero-order chi connectivity index (χ0) is 34.1. The number of phenolic OH excluding ortho intramolecular Hbond substituents is 1. The molecule has 0 fully saturated rings. The molecule has 3 aromatic carbocycles. The van der Waals surface area contributed by atoms with Crippen molar-refractivity contribution in [2.45, 2.75) is 12.1 Å². The van der Waals surface area contributed by atoms with Crippen LogP contribution in [0.15, 0.2) is 60.8 Å². The summed E-state index contributed by atoms with van der Waals surface area (Å²) in [4.78, 5) is 49.5. The summed E-state index contributed by atoms with van der Waals surface area (Å²) in [6, 6.07) is 14.7. The van der Waals surface area contributed by atoms with Crippen LogP contribution in [0.4, 0.5) is 24.5 Å². The maximum Gasteiger partial charge on any atom is 0.432 e. The number of aromatic amines is 2. The Balaban J connectivity index is 1.21. The number of alkyl halides is 4. The van der Waals surface area contributed by atoms with Crippen LogP contribution in [-0.4, -0.2) is 62.5 Å². The van der Waals surface area contributed by atoms with Crippen molar-refractivity contribution in [1.82, 2.24) is 15.0 Å². The molecular formula is C33H23ClF3N5O6. The van der Waals surface area contributed by atoms with Crippen LogP contribution < -0.4 is 15.0 Å². The van der Waals surface area contributed by atoms with Gasteiger partial charge in [-0.15, -0.1) is 11.6 Å². The molecule has 2 amide bonds. The number of benzene rings is 3. The lowest BCUT2D eigenvalue weighted by Gasteiger charge is -2.17. The molecule has 0 saturated carbocycles. The van der Waals surface area contributed by atoms with E-state index in [4.69, 9.17) is 16.3 Å². The van der Waals surface area contributed by atoms with E-state index in [9.17, 15) is 37.8 Å². The fourth-order valence-corrected chi connectivity index (χ4v) is 6.52. The van der Waals surface area contributed by atoms with Gasteiger partial charge in [0.05, 0.1) is 23.9 Å². The number of amides is 2. The smallest absolute Gasteiger partial charge is 0.432 e. The first kappa shape index (κ1) is 30.9. The number of hydrogen-bond acceptors (Lipinski definition) is 6. The van der Waals surface area contributed by atoms with Gasteiger partial charge in [0, 0.05) is 63.4 Å². The third-order valence-corrected chi connectivity index (χ3v) is 8.76. The van der Waals surface area contributed by atoms with Crippen molar-refractivity contribution in [2.75, 3.05) is 29.8 Å². The molecule has 4 heterocycles. The van der Waals surface area contributed by atoms with Gasteiger partial charge in [0.25, 0.3) is 11.8 Å². The number of aromatic carboxylic acids is 1. The third kappa shape index (κ3) is 4.92. The summed E-state index contributed by atoms with van der Waals surface area (Å²) in [6.45, 7) is -0.0813. The van der Waals surface area contributed by atoms with E-state index < -0.39 is 52.4 Å². The summed E-state index contributed by atoms with van der Waals surface area (Å²) < 4.78 is 46.8. The topological polar surface area (TPSA) is 161 Å². The minimum atomic E-state index is -5.06. The number of nitrogens with zero attached hydrogens (tertiary/aromatic N) is 2. The van der Waals surface area contributed by atoms with Gasteiger partial charge in [0.15, 0.2) is 0 Å². The largest absolute Gasteiger partial charge is 0.506 e. The van der Waals surface area contributed by atoms with Gasteiger partial charge in [-0.05, 0) is 42.0 Å². The summed E-state index contributed by atoms with van der Waals surface area (Å²) in [5.74, 6) is -3.87. The van der Waals surface area contributed by atoms with Gasteiger partial charge < -0.3 is 35.1 Å². The normalized spacial score (nSPS) is 14.5. The zero-order valence-electron chi connectivity index (χ0n) is 24.7. The van der Waals surface area contributed by atoms with E-state index in [1.807, 2.05) is 17.1 Å². The van der Waals surface area contributed by atoms with E-state index in [0.29, 0.717) is 22.3 Å². The summed E-state index contributed by atoms with van der Waals surface area (Å²) in [6.07, 6.45) is -3.48. The molecule has 15 heteroatoms. The van der Waals surface area contributed by atoms with Gasteiger partial charge in [-0.2, -0.15) is 13.2 Å². The van der Waals surface area contributed by atoms with Crippen LogP contribution in [0.3, 0.4) is 0 Å².